The van der Waals surface area contributed by atoms with Crippen molar-refractivity contribution < 1.29 is 4.52 Å². The summed E-state index contributed by atoms with van der Waals surface area (Å²) in [5, 5.41) is 10.5. The van der Waals surface area contributed by atoms with Crippen molar-refractivity contribution in [1.29, 1.82) is 0 Å². The number of aromatic nitrogens is 3. The van der Waals surface area contributed by atoms with E-state index in [-0.39, 0.29) is 0 Å². The van der Waals surface area contributed by atoms with E-state index in [1.165, 1.54) is 0 Å². The van der Waals surface area contributed by atoms with Crippen LogP contribution in [0.15, 0.2) is 15.3 Å². The average molecular weight is 340 g/mol. The van der Waals surface area contributed by atoms with Crippen LogP contribution in [0.1, 0.15) is 30.4 Å². The zero-order valence-electron chi connectivity index (χ0n) is 11.8. The Hall–Kier alpha value is -1.63. The van der Waals surface area contributed by atoms with Crippen LogP contribution in [0.3, 0.4) is 0 Å². The van der Waals surface area contributed by atoms with Crippen LogP contribution >= 0.6 is 15.9 Å². The summed E-state index contributed by atoms with van der Waals surface area (Å²) < 4.78 is 5.98. The predicted octanol–water partition coefficient (Wildman–Crippen LogP) is 3.28. The molecule has 0 spiro atoms. The molecule has 0 radical (unpaired) electrons. The van der Waals surface area contributed by atoms with E-state index in [2.05, 4.69) is 48.6 Å². The Kier molecular flexibility index (Phi) is 4.94. The summed E-state index contributed by atoms with van der Waals surface area (Å²) in [5.41, 5.74) is 1.95. The van der Waals surface area contributed by atoms with Crippen LogP contribution in [0, 0.1) is 13.8 Å². The molecule has 0 saturated carbocycles. The Labute approximate surface area is 126 Å². The average Bonchev–Trinajstić information content (AvgIpc) is 2.76. The molecule has 0 aliphatic carbocycles. The number of hydrogen-bond acceptors (Lipinski definition) is 6. The second-order valence-corrected chi connectivity index (χ2v) is 5.26. The van der Waals surface area contributed by atoms with Crippen LogP contribution in [0.4, 0.5) is 11.6 Å². The minimum absolute atomic E-state index is 0.615. The van der Waals surface area contributed by atoms with Crippen LogP contribution in [0.5, 0.6) is 0 Å². The Morgan fingerprint density at radius 3 is 2.50 bits per heavy atom. The maximum atomic E-state index is 5.14. The fourth-order valence-corrected chi connectivity index (χ4v) is 2.27. The number of aryl methyl sites for hydroxylation is 2. The molecule has 0 unspecified atom stereocenters. The van der Waals surface area contributed by atoms with Gasteiger partial charge in [0.25, 0.3) is 0 Å². The third-order valence-corrected chi connectivity index (χ3v) is 3.70. The lowest BCUT2D eigenvalue weighted by atomic mass is 10.2. The smallest absolute Gasteiger partial charge is 0.146 e. The van der Waals surface area contributed by atoms with Gasteiger partial charge in [-0.05, 0) is 36.2 Å². The normalized spacial score (nSPS) is 10.6. The number of hydrogen-bond donors (Lipinski definition) is 2. The highest BCUT2D eigenvalue weighted by atomic mass is 79.9. The first kappa shape index (κ1) is 14.8. The molecular weight excluding hydrogens is 322 g/mol. The molecule has 0 aliphatic heterocycles. The molecule has 2 aromatic heterocycles. The quantitative estimate of drug-likeness (QED) is 0.841. The van der Waals surface area contributed by atoms with E-state index in [0.717, 1.165) is 46.1 Å². The third kappa shape index (κ3) is 3.27. The molecule has 6 nitrogen and oxygen atoms in total. The monoisotopic (exact) mass is 339 g/mol. The summed E-state index contributed by atoms with van der Waals surface area (Å²) >= 11 is 3.52. The summed E-state index contributed by atoms with van der Waals surface area (Å²) in [4.78, 5) is 8.46. The first-order chi connectivity index (χ1) is 9.63. The van der Waals surface area contributed by atoms with Gasteiger partial charge in [-0.3, -0.25) is 0 Å². The molecule has 0 aliphatic rings. The lowest BCUT2D eigenvalue weighted by Gasteiger charge is -2.11. The maximum Gasteiger partial charge on any atom is 0.146 e. The molecule has 2 heterocycles. The summed E-state index contributed by atoms with van der Waals surface area (Å²) in [6.45, 7) is 7.43. The van der Waals surface area contributed by atoms with Gasteiger partial charge in [0.1, 0.15) is 28.2 Å². The lowest BCUT2D eigenvalue weighted by molar-refractivity contribution is 0.392. The topological polar surface area (TPSA) is 75.9 Å². The van der Waals surface area contributed by atoms with Crippen molar-refractivity contribution in [3.8, 4) is 0 Å². The molecule has 2 rings (SSSR count). The van der Waals surface area contributed by atoms with Gasteiger partial charge < -0.3 is 15.2 Å². The number of nitrogens with one attached hydrogen (secondary N) is 2. The number of nitrogens with zero attached hydrogens (tertiary/aromatic N) is 3. The van der Waals surface area contributed by atoms with Gasteiger partial charge >= 0.3 is 0 Å². The van der Waals surface area contributed by atoms with E-state index >= 15 is 0 Å². The van der Waals surface area contributed by atoms with E-state index in [4.69, 9.17) is 4.52 Å². The van der Waals surface area contributed by atoms with Gasteiger partial charge in [0.05, 0.1) is 5.69 Å². The molecule has 7 heteroatoms. The summed E-state index contributed by atoms with van der Waals surface area (Å²) in [7, 11) is 0. The van der Waals surface area contributed by atoms with E-state index < -0.39 is 0 Å². The molecule has 108 valence electrons. The first-order valence-electron chi connectivity index (χ1n) is 6.53. The minimum atomic E-state index is 0.615. The van der Waals surface area contributed by atoms with Crippen molar-refractivity contribution in [3.05, 3.63) is 27.8 Å². The van der Waals surface area contributed by atoms with Gasteiger partial charge in [0.15, 0.2) is 0 Å². The fraction of sp³-hybridized carbons (Fsp3) is 0.462. The van der Waals surface area contributed by atoms with Gasteiger partial charge in [-0.2, -0.15) is 0 Å². The van der Waals surface area contributed by atoms with Gasteiger partial charge in [0.2, 0.25) is 0 Å². The van der Waals surface area contributed by atoms with Crippen molar-refractivity contribution in [2.45, 2.75) is 33.7 Å². The highest BCUT2D eigenvalue weighted by Crippen LogP contribution is 2.27. The second-order valence-electron chi connectivity index (χ2n) is 4.47. The SMILES string of the molecule is CCCNc1ncnc(NCc2c(C)noc2C)c1Br. The zero-order chi connectivity index (χ0) is 14.5. The van der Waals surface area contributed by atoms with Gasteiger partial charge in [-0.15, -0.1) is 0 Å². The minimum Gasteiger partial charge on any atom is -0.369 e. The zero-order valence-corrected chi connectivity index (χ0v) is 13.4. The summed E-state index contributed by atoms with van der Waals surface area (Å²) in [6, 6.07) is 0. The molecule has 20 heavy (non-hydrogen) atoms. The van der Waals surface area contributed by atoms with Crippen LogP contribution in [-0.2, 0) is 6.54 Å². The van der Waals surface area contributed by atoms with Crippen molar-refractivity contribution in [3.63, 3.8) is 0 Å². The predicted molar refractivity (Wildman–Crippen MR) is 81.8 cm³/mol. The summed E-state index contributed by atoms with van der Waals surface area (Å²) in [6.07, 6.45) is 2.58. The van der Waals surface area contributed by atoms with Crippen LogP contribution in [0.25, 0.3) is 0 Å². The molecule has 0 fully saturated rings. The Bertz CT molecular complexity index is 565. The van der Waals surface area contributed by atoms with Gasteiger partial charge in [0, 0.05) is 18.7 Å². The van der Waals surface area contributed by atoms with E-state index in [1.54, 1.807) is 6.33 Å². The molecule has 0 bridgehead atoms. The highest BCUT2D eigenvalue weighted by Gasteiger charge is 2.11. The summed E-state index contributed by atoms with van der Waals surface area (Å²) in [5.74, 6) is 2.37. The van der Waals surface area contributed by atoms with Crippen molar-refractivity contribution >= 4 is 27.6 Å². The standard InChI is InChI=1S/C13H18BrN5O/c1-4-5-15-12-11(14)13(18-7-17-12)16-6-10-8(2)19-20-9(10)3/h7H,4-6H2,1-3H3,(H2,15,16,17,18). The highest BCUT2D eigenvalue weighted by molar-refractivity contribution is 9.10. The Morgan fingerprint density at radius 2 is 1.90 bits per heavy atom. The van der Waals surface area contributed by atoms with E-state index in [9.17, 15) is 0 Å². The number of halogens is 1. The van der Waals surface area contributed by atoms with Crippen molar-refractivity contribution in [2.24, 2.45) is 0 Å². The van der Waals surface area contributed by atoms with Crippen LogP contribution < -0.4 is 10.6 Å². The largest absolute Gasteiger partial charge is 0.369 e. The van der Waals surface area contributed by atoms with Crippen molar-refractivity contribution in [1.82, 2.24) is 15.1 Å². The fourth-order valence-electron chi connectivity index (χ4n) is 1.79. The second kappa shape index (κ2) is 6.69. The third-order valence-electron chi connectivity index (χ3n) is 2.95. The number of anilines is 2. The van der Waals surface area contributed by atoms with Crippen LogP contribution in [-0.4, -0.2) is 21.7 Å². The lowest BCUT2D eigenvalue weighted by Crippen LogP contribution is -2.08. The van der Waals surface area contributed by atoms with E-state index in [1.807, 2.05) is 13.8 Å². The van der Waals surface area contributed by atoms with Gasteiger partial charge in [-0.25, -0.2) is 9.97 Å². The Morgan fingerprint density at radius 1 is 1.20 bits per heavy atom. The molecule has 2 aromatic rings. The van der Waals surface area contributed by atoms with Crippen molar-refractivity contribution in [2.75, 3.05) is 17.2 Å². The maximum absolute atomic E-state index is 5.14. The first-order valence-corrected chi connectivity index (χ1v) is 7.32. The molecule has 0 amide bonds. The Balaban J connectivity index is 2.10. The van der Waals surface area contributed by atoms with Gasteiger partial charge in [-0.1, -0.05) is 12.1 Å². The number of rotatable bonds is 6. The molecular formula is C13H18BrN5O. The van der Waals surface area contributed by atoms with E-state index in [0.29, 0.717) is 6.54 Å². The molecule has 0 aromatic carbocycles. The molecule has 0 saturated heterocycles. The van der Waals surface area contributed by atoms with Crippen LogP contribution in [0.2, 0.25) is 0 Å². The molecule has 2 N–H and O–H groups in total. The molecule has 0 atom stereocenters.